The minimum Gasteiger partial charge on any atom is -0.348 e. The molecule has 7 heteroatoms. The molecule has 1 aromatic heterocycles. The fourth-order valence-corrected chi connectivity index (χ4v) is 3.08. The molecule has 0 saturated heterocycles. The molecule has 3 aromatic rings. The van der Waals surface area contributed by atoms with Gasteiger partial charge in [0.2, 0.25) is 0 Å². The Kier molecular flexibility index (Phi) is 5.35. The first-order valence-corrected chi connectivity index (χ1v) is 8.69. The van der Waals surface area contributed by atoms with Gasteiger partial charge < -0.3 is 10.3 Å². The summed E-state index contributed by atoms with van der Waals surface area (Å²) in [4.78, 5) is 27.9. The SMILES string of the molecule is C=CCn1c(=S)[nH]c2cc(C(=O)NCc3ccccc3Cl)ccc2c1=O. The van der Waals surface area contributed by atoms with Gasteiger partial charge in [0.05, 0.1) is 10.9 Å². The van der Waals surface area contributed by atoms with E-state index >= 15 is 0 Å². The Hall–Kier alpha value is -2.70. The summed E-state index contributed by atoms with van der Waals surface area (Å²) in [5.74, 6) is -0.263. The van der Waals surface area contributed by atoms with Crippen LogP contribution >= 0.6 is 23.8 Å². The fraction of sp³-hybridized carbons (Fsp3) is 0.105. The molecule has 1 heterocycles. The summed E-state index contributed by atoms with van der Waals surface area (Å²) in [5.41, 5.74) is 1.56. The van der Waals surface area contributed by atoms with Crippen molar-refractivity contribution in [2.75, 3.05) is 0 Å². The van der Waals surface area contributed by atoms with E-state index in [1.807, 2.05) is 18.2 Å². The number of carbonyl (C=O) groups excluding carboxylic acids is 1. The van der Waals surface area contributed by atoms with Gasteiger partial charge in [0.25, 0.3) is 11.5 Å². The summed E-state index contributed by atoms with van der Waals surface area (Å²) < 4.78 is 1.71. The van der Waals surface area contributed by atoms with Crippen molar-refractivity contribution in [1.29, 1.82) is 0 Å². The van der Waals surface area contributed by atoms with Gasteiger partial charge in [0, 0.05) is 23.7 Å². The molecule has 0 atom stereocenters. The molecule has 5 nitrogen and oxygen atoms in total. The maximum absolute atomic E-state index is 12.5. The number of carbonyl (C=O) groups is 1. The minimum atomic E-state index is -0.263. The Balaban J connectivity index is 1.89. The van der Waals surface area contributed by atoms with Crippen LogP contribution in [0.15, 0.2) is 59.9 Å². The summed E-state index contributed by atoms with van der Waals surface area (Å²) in [6, 6.07) is 12.2. The van der Waals surface area contributed by atoms with Gasteiger partial charge in [-0.2, -0.15) is 0 Å². The topological polar surface area (TPSA) is 66.9 Å². The van der Waals surface area contributed by atoms with Crippen LogP contribution in [0.3, 0.4) is 0 Å². The van der Waals surface area contributed by atoms with Crippen molar-refractivity contribution < 1.29 is 4.79 Å². The highest BCUT2D eigenvalue weighted by Crippen LogP contribution is 2.15. The number of benzene rings is 2. The van der Waals surface area contributed by atoms with Crippen molar-refractivity contribution in [2.45, 2.75) is 13.1 Å². The van der Waals surface area contributed by atoms with Crippen LogP contribution < -0.4 is 10.9 Å². The number of aromatic nitrogens is 2. The van der Waals surface area contributed by atoms with Crippen LogP contribution in [0.4, 0.5) is 0 Å². The van der Waals surface area contributed by atoms with E-state index in [9.17, 15) is 9.59 Å². The highest BCUT2D eigenvalue weighted by atomic mass is 35.5. The number of nitrogens with zero attached hydrogens (tertiary/aromatic N) is 1. The van der Waals surface area contributed by atoms with E-state index in [4.69, 9.17) is 23.8 Å². The molecule has 0 bridgehead atoms. The van der Waals surface area contributed by atoms with Crippen LogP contribution in [0, 0.1) is 4.77 Å². The third kappa shape index (κ3) is 3.61. The molecule has 0 aliphatic heterocycles. The fourth-order valence-electron chi connectivity index (χ4n) is 2.61. The third-order valence-electron chi connectivity index (χ3n) is 3.95. The van der Waals surface area contributed by atoms with E-state index in [2.05, 4.69) is 16.9 Å². The van der Waals surface area contributed by atoms with E-state index in [-0.39, 0.29) is 16.2 Å². The van der Waals surface area contributed by atoms with Crippen molar-refractivity contribution in [1.82, 2.24) is 14.9 Å². The number of hydrogen-bond acceptors (Lipinski definition) is 3. The first-order valence-electron chi connectivity index (χ1n) is 7.90. The molecule has 0 radical (unpaired) electrons. The Morgan fingerprint density at radius 1 is 1.31 bits per heavy atom. The first-order chi connectivity index (χ1) is 12.5. The van der Waals surface area contributed by atoms with Crippen LogP contribution in [-0.4, -0.2) is 15.5 Å². The molecule has 2 aromatic carbocycles. The van der Waals surface area contributed by atoms with Gasteiger partial charge in [-0.25, -0.2) is 0 Å². The molecule has 26 heavy (non-hydrogen) atoms. The number of H-pyrrole nitrogens is 1. The van der Waals surface area contributed by atoms with Crippen molar-refractivity contribution in [2.24, 2.45) is 0 Å². The van der Waals surface area contributed by atoms with E-state index < -0.39 is 0 Å². The number of nitrogens with one attached hydrogen (secondary N) is 2. The molecule has 2 N–H and O–H groups in total. The number of amides is 1. The second kappa shape index (κ2) is 7.68. The first kappa shape index (κ1) is 18.1. The Morgan fingerprint density at radius 2 is 2.08 bits per heavy atom. The van der Waals surface area contributed by atoms with Gasteiger partial charge in [-0.15, -0.1) is 6.58 Å². The maximum atomic E-state index is 12.5. The Morgan fingerprint density at radius 3 is 2.81 bits per heavy atom. The minimum absolute atomic E-state index is 0.216. The summed E-state index contributed by atoms with van der Waals surface area (Å²) in [7, 11) is 0. The largest absolute Gasteiger partial charge is 0.348 e. The predicted octanol–water partition coefficient (Wildman–Crippen LogP) is 3.83. The zero-order valence-electron chi connectivity index (χ0n) is 13.8. The van der Waals surface area contributed by atoms with Crippen molar-refractivity contribution in [3.05, 3.63) is 86.4 Å². The molecule has 132 valence electrons. The molecule has 0 aliphatic carbocycles. The summed E-state index contributed by atoms with van der Waals surface area (Å²) in [6.45, 7) is 4.26. The van der Waals surface area contributed by atoms with Crippen LogP contribution in [-0.2, 0) is 13.1 Å². The number of halogens is 1. The smallest absolute Gasteiger partial charge is 0.262 e. The Bertz CT molecular complexity index is 1120. The maximum Gasteiger partial charge on any atom is 0.262 e. The summed E-state index contributed by atoms with van der Waals surface area (Å²) in [5, 5.41) is 3.88. The van der Waals surface area contributed by atoms with Gasteiger partial charge in [0.15, 0.2) is 4.77 Å². The molecular weight excluding hydrogens is 370 g/mol. The van der Waals surface area contributed by atoms with Crippen LogP contribution in [0.1, 0.15) is 15.9 Å². The van der Waals surface area contributed by atoms with E-state index in [1.54, 1.807) is 30.3 Å². The molecule has 0 aliphatic rings. The second-order valence-electron chi connectivity index (χ2n) is 5.67. The molecule has 0 unspecified atom stereocenters. The molecule has 0 fully saturated rings. The van der Waals surface area contributed by atoms with E-state index in [0.29, 0.717) is 34.6 Å². The second-order valence-corrected chi connectivity index (χ2v) is 6.46. The lowest BCUT2D eigenvalue weighted by atomic mass is 10.1. The van der Waals surface area contributed by atoms with Crippen molar-refractivity contribution >= 4 is 40.6 Å². The highest BCUT2D eigenvalue weighted by molar-refractivity contribution is 7.71. The van der Waals surface area contributed by atoms with Crippen molar-refractivity contribution in [3.8, 4) is 0 Å². The summed E-state index contributed by atoms with van der Waals surface area (Å²) >= 11 is 11.3. The zero-order valence-corrected chi connectivity index (χ0v) is 15.4. The number of allylic oxidation sites excluding steroid dienone is 1. The van der Waals surface area contributed by atoms with Gasteiger partial charge in [-0.1, -0.05) is 35.9 Å². The highest BCUT2D eigenvalue weighted by Gasteiger charge is 2.10. The lowest BCUT2D eigenvalue weighted by molar-refractivity contribution is 0.0951. The number of aromatic amines is 1. The quantitative estimate of drug-likeness (QED) is 0.518. The average Bonchev–Trinajstić information content (AvgIpc) is 2.63. The van der Waals surface area contributed by atoms with Gasteiger partial charge in [-0.05, 0) is 42.0 Å². The van der Waals surface area contributed by atoms with Crippen LogP contribution in [0.2, 0.25) is 5.02 Å². The molecular formula is C19H16ClN3O2S. The monoisotopic (exact) mass is 385 g/mol. The number of rotatable bonds is 5. The Labute approximate surface area is 159 Å². The molecule has 1 amide bonds. The van der Waals surface area contributed by atoms with Crippen molar-refractivity contribution in [3.63, 3.8) is 0 Å². The third-order valence-corrected chi connectivity index (χ3v) is 4.64. The average molecular weight is 386 g/mol. The molecule has 0 saturated carbocycles. The van der Waals surface area contributed by atoms with Crippen LogP contribution in [0.25, 0.3) is 10.9 Å². The zero-order chi connectivity index (χ0) is 18.7. The van der Waals surface area contributed by atoms with Gasteiger partial charge >= 0.3 is 0 Å². The predicted molar refractivity (Wildman–Crippen MR) is 106 cm³/mol. The number of hydrogen-bond donors (Lipinski definition) is 2. The molecule has 3 rings (SSSR count). The van der Waals surface area contributed by atoms with Crippen LogP contribution in [0.5, 0.6) is 0 Å². The summed E-state index contributed by atoms with van der Waals surface area (Å²) in [6.07, 6.45) is 1.60. The van der Waals surface area contributed by atoms with Gasteiger partial charge in [0.1, 0.15) is 0 Å². The van der Waals surface area contributed by atoms with E-state index in [1.165, 1.54) is 4.57 Å². The lowest BCUT2D eigenvalue weighted by Crippen LogP contribution is -2.24. The number of fused-ring (bicyclic) bond motifs is 1. The lowest BCUT2D eigenvalue weighted by Gasteiger charge is -2.09. The molecule has 0 spiro atoms. The normalized spacial score (nSPS) is 10.7. The van der Waals surface area contributed by atoms with E-state index in [0.717, 1.165) is 5.56 Å². The van der Waals surface area contributed by atoms with Gasteiger partial charge in [-0.3, -0.25) is 14.2 Å². The standard InChI is InChI=1S/C19H16ClN3O2S/c1-2-9-23-18(25)14-8-7-12(10-16(14)22-19(23)26)17(24)21-11-13-5-3-4-6-15(13)20/h2-8,10H,1,9,11H2,(H,21,24)(H,22,26).